The molecule has 1 unspecified atom stereocenters. The predicted octanol–water partition coefficient (Wildman–Crippen LogP) is 2.24. The Labute approximate surface area is 111 Å². The van der Waals surface area contributed by atoms with E-state index in [1.54, 1.807) is 11.3 Å². The van der Waals surface area contributed by atoms with Crippen molar-refractivity contribution in [2.24, 2.45) is 0 Å². The first-order valence-corrected chi connectivity index (χ1v) is 7.61. The number of fused-ring (bicyclic) bond motifs is 1. The van der Waals surface area contributed by atoms with E-state index >= 15 is 0 Å². The van der Waals surface area contributed by atoms with Crippen molar-refractivity contribution in [3.8, 4) is 0 Å². The van der Waals surface area contributed by atoms with Gasteiger partial charge in [-0.3, -0.25) is 4.79 Å². The number of aryl methyl sites for hydroxylation is 2. The van der Waals surface area contributed by atoms with Crippen LogP contribution in [-0.2, 0) is 17.6 Å². The van der Waals surface area contributed by atoms with Crippen LogP contribution in [0.3, 0.4) is 0 Å². The van der Waals surface area contributed by atoms with E-state index in [-0.39, 0.29) is 11.4 Å². The van der Waals surface area contributed by atoms with Gasteiger partial charge in [0.25, 0.3) is 5.91 Å². The molecule has 0 bridgehead atoms. The molecular weight excluding hydrogens is 246 g/mol. The maximum absolute atomic E-state index is 12.6. The zero-order chi connectivity index (χ0) is 12.2. The van der Waals surface area contributed by atoms with Gasteiger partial charge in [0.05, 0.1) is 17.0 Å². The number of ether oxygens (including phenoxy) is 1. The van der Waals surface area contributed by atoms with Crippen LogP contribution in [0, 0.1) is 0 Å². The molecule has 4 heteroatoms. The second kappa shape index (κ2) is 3.81. The van der Waals surface area contributed by atoms with Gasteiger partial charge >= 0.3 is 0 Å². The molecule has 96 valence electrons. The first-order chi connectivity index (χ1) is 8.78. The van der Waals surface area contributed by atoms with Crippen molar-refractivity contribution < 1.29 is 9.53 Å². The fourth-order valence-electron chi connectivity index (χ4n) is 3.43. The summed E-state index contributed by atoms with van der Waals surface area (Å²) in [5.41, 5.74) is 1.46. The van der Waals surface area contributed by atoms with Crippen LogP contribution in [0.1, 0.15) is 39.4 Å². The summed E-state index contributed by atoms with van der Waals surface area (Å²) in [5.74, 6) is 0.242. The quantitative estimate of drug-likeness (QED) is 0.777. The van der Waals surface area contributed by atoms with Crippen LogP contribution >= 0.6 is 11.3 Å². The Morgan fingerprint density at radius 1 is 1.39 bits per heavy atom. The molecule has 2 aliphatic heterocycles. The molecule has 4 rings (SSSR count). The van der Waals surface area contributed by atoms with Crippen LogP contribution < -0.4 is 0 Å². The van der Waals surface area contributed by atoms with Crippen molar-refractivity contribution in [3.63, 3.8) is 0 Å². The van der Waals surface area contributed by atoms with Gasteiger partial charge in [-0.2, -0.15) is 0 Å². The molecule has 0 N–H and O–H groups in total. The highest BCUT2D eigenvalue weighted by molar-refractivity contribution is 7.14. The van der Waals surface area contributed by atoms with Crippen LogP contribution in [0.15, 0.2) is 6.07 Å². The minimum Gasteiger partial charge on any atom is -0.379 e. The summed E-state index contributed by atoms with van der Waals surface area (Å²) < 4.78 is 5.49. The molecule has 3 nitrogen and oxygen atoms in total. The minimum atomic E-state index is 0.0471. The van der Waals surface area contributed by atoms with E-state index in [9.17, 15) is 4.79 Å². The number of amides is 1. The third-order valence-corrected chi connectivity index (χ3v) is 5.88. The number of likely N-dealkylation sites (tertiary alicyclic amines) is 1. The summed E-state index contributed by atoms with van der Waals surface area (Å²) >= 11 is 1.72. The van der Waals surface area contributed by atoms with Crippen molar-refractivity contribution in [2.45, 2.75) is 37.6 Å². The van der Waals surface area contributed by atoms with Gasteiger partial charge in [0.1, 0.15) is 0 Å². The number of rotatable bonds is 1. The monoisotopic (exact) mass is 263 g/mol. The second-order valence-electron chi connectivity index (χ2n) is 5.65. The average molecular weight is 263 g/mol. The van der Waals surface area contributed by atoms with E-state index in [1.807, 2.05) is 0 Å². The summed E-state index contributed by atoms with van der Waals surface area (Å²) in [7, 11) is 0. The van der Waals surface area contributed by atoms with Gasteiger partial charge < -0.3 is 9.64 Å². The SMILES string of the molecule is O=C(c1cc2c(s1)CCC2)N1CCC12CCOC2. The van der Waals surface area contributed by atoms with Crippen molar-refractivity contribution >= 4 is 17.2 Å². The molecule has 1 spiro atoms. The highest BCUT2D eigenvalue weighted by Crippen LogP contribution is 2.40. The number of nitrogens with zero attached hydrogens (tertiary/aromatic N) is 1. The normalized spacial score (nSPS) is 29.7. The van der Waals surface area contributed by atoms with Gasteiger partial charge in [-0.15, -0.1) is 11.3 Å². The third kappa shape index (κ3) is 1.42. The lowest BCUT2D eigenvalue weighted by Crippen LogP contribution is -2.62. The third-order valence-electron chi connectivity index (χ3n) is 4.66. The first kappa shape index (κ1) is 11.0. The molecule has 0 aromatic carbocycles. The number of thiophene rings is 1. The summed E-state index contributed by atoms with van der Waals surface area (Å²) in [6, 6.07) is 2.14. The molecule has 1 amide bonds. The fourth-order valence-corrected chi connectivity index (χ4v) is 4.63. The van der Waals surface area contributed by atoms with E-state index in [2.05, 4.69) is 11.0 Å². The highest BCUT2D eigenvalue weighted by Gasteiger charge is 2.50. The molecule has 1 aliphatic carbocycles. The Kier molecular flexibility index (Phi) is 2.33. The van der Waals surface area contributed by atoms with Crippen LogP contribution in [0.5, 0.6) is 0 Å². The first-order valence-electron chi connectivity index (χ1n) is 6.80. The number of carbonyl (C=O) groups is 1. The second-order valence-corrected chi connectivity index (χ2v) is 6.78. The van der Waals surface area contributed by atoms with E-state index in [0.29, 0.717) is 0 Å². The molecule has 2 saturated heterocycles. The van der Waals surface area contributed by atoms with Gasteiger partial charge in [-0.05, 0) is 43.7 Å². The summed E-state index contributed by atoms with van der Waals surface area (Å²) in [6.07, 6.45) is 5.72. The van der Waals surface area contributed by atoms with Crippen molar-refractivity contribution in [3.05, 3.63) is 21.4 Å². The van der Waals surface area contributed by atoms with Gasteiger partial charge in [0, 0.05) is 18.0 Å². The number of hydrogen-bond donors (Lipinski definition) is 0. The van der Waals surface area contributed by atoms with Crippen molar-refractivity contribution in [1.82, 2.24) is 4.90 Å². The fraction of sp³-hybridized carbons (Fsp3) is 0.643. The van der Waals surface area contributed by atoms with Gasteiger partial charge in [0.2, 0.25) is 0 Å². The van der Waals surface area contributed by atoms with Crippen LogP contribution in [-0.4, -0.2) is 36.1 Å². The smallest absolute Gasteiger partial charge is 0.264 e. The molecule has 1 aromatic heterocycles. The van der Waals surface area contributed by atoms with Crippen LogP contribution in [0.4, 0.5) is 0 Å². The highest BCUT2D eigenvalue weighted by atomic mass is 32.1. The van der Waals surface area contributed by atoms with Gasteiger partial charge in [0.15, 0.2) is 0 Å². The minimum absolute atomic E-state index is 0.0471. The summed E-state index contributed by atoms with van der Waals surface area (Å²) in [6.45, 7) is 2.46. The Balaban J connectivity index is 1.59. The Bertz CT molecular complexity index is 480. The Morgan fingerprint density at radius 3 is 3.00 bits per heavy atom. The zero-order valence-electron chi connectivity index (χ0n) is 10.4. The van der Waals surface area contributed by atoms with E-state index < -0.39 is 0 Å². The molecular formula is C14H17NO2S. The maximum Gasteiger partial charge on any atom is 0.264 e. The average Bonchev–Trinajstić information content (AvgIpc) is 3.03. The molecule has 0 radical (unpaired) electrons. The van der Waals surface area contributed by atoms with Crippen LogP contribution in [0.2, 0.25) is 0 Å². The molecule has 18 heavy (non-hydrogen) atoms. The van der Waals surface area contributed by atoms with Crippen molar-refractivity contribution in [1.29, 1.82) is 0 Å². The van der Waals surface area contributed by atoms with E-state index in [4.69, 9.17) is 4.74 Å². The molecule has 1 atom stereocenters. The Hall–Kier alpha value is -0.870. The van der Waals surface area contributed by atoms with Crippen LogP contribution in [0.25, 0.3) is 0 Å². The Morgan fingerprint density at radius 2 is 2.33 bits per heavy atom. The predicted molar refractivity (Wildman–Crippen MR) is 70.2 cm³/mol. The molecule has 2 fully saturated rings. The summed E-state index contributed by atoms with van der Waals surface area (Å²) in [5, 5.41) is 0. The van der Waals surface area contributed by atoms with Gasteiger partial charge in [-0.1, -0.05) is 0 Å². The summed E-state index contributed by atoms with van der Waals surface area (Å²) in [4.78, 5) is 17.0. The van der Waals surface area contributed by atoms with E-state index in [1.165, 1.54) is 23.3 Å². The molecule has 0 saturated carbocycles. The number of hydrogen-bond acceptors (Lipinski definition) is 3. The lowest BCUT2D eigenvalue weighted by atomic mass is 9.83. The topological polar surface area (TPSA) is 29.5 Å². The standard InChI is InChI=1S/C14H17NO2S/c16-13(12-8-10-2-1-3-11(10)18-12)15-6-4-14(15)5-7-17-9-14/h8H,1-7,9H2. The zero-order valence-corrected chi connectivity index (χ0v) is 11.2. The lowest BCUT2D eigenvalue weighted by molar-refractivity contribution is -0.00756. The number of carbonyl (C=O) groups excluding carboxylic acids is 1. The molecule has 3 heterocycles. The lowest BCUT2D eigenvalue weighted by Gasteiger charge is -2.49. The largest absolute Gasteiger partial charge is 0.379 e. The molecule has 3 aliphatic rings. The van der Waals surface area contributed by atoms with Gasteiger partial charge in [-0.25, -0.2) is 0 Å². The van der Waals surface area contributed by atoms with E-state index in [0.717, 1.165) is 43.9 Å². The molecule has 1 aromatic rings. The maximum atomic E-state index is 12.6. The van der Waals surface area contributed by atoms with Crippen molar-refractivity contribution in [2.75, 3.05) is 19.8 Å².